The molecule has 0 aliphatic heterocycles. The van der Waals surface area contributed by atoms with E-state index in [1.807, 2.05) is 0 Å². The molecule has 0 bridgehead atoms. The van der Waals surface area contributed by atoms with E-state index in [4.69, 9.17) is 5.73 Å². The molecule has 0 saturated carbocycles. The maximum absolute atomic E-state index is 11.0. The van der Waals surface area contributed by atoms with E-state index in [0.717, 1.165) is 0 Å². The van der Waals surface area contributed by atoms with Crippen molar-refractivity contribution >= 4 is 17.6 Å². The molecule has 0 fully saturated rings. The van der Waals surface area contributed by atoms with Crippen LogP contribution in [0.25, 0.3) is 0 Å². The normalized spacial score (nSPS) is 9.47. The van der Waals surface area contributed by atoms with Gasteiger partial charge in [0.05, 0.1) is 12.1 Å². The molecule has 0 atom stereocenters. The number of ether oxygens (including phenoxy) is 1. The number of anilines is 1. The van der Waals surface area contributed by atoms with Crippen molar-refractivity contribution in [1.82, 2.24) is 0 Å². The fourth-order valence-electron chi connectivity index (χ4n) is 0.985. The zero-order valence-electron chi connectivity index (χ0n) is 8.03. The van der Waals surface area contributed by atoms with Crippen LogP contribution in [0.3, 0.4) is 0 Å². The highest BCUT2D eigenvalue weighted by molar-refractivity contribution is 5.93. The lowest BCUT2D eigenvalue weighted by atomic mass is 10.2. The number of amides is 1. The first-order chi connectivity index (χ1) is 7.17. The molecule has 3 N–H and O–H groups in total. The van der Waals surface area contributed by atoms with Gasteiger partial charge in [0.2, 0.25) is 5.91 Å². The van der Waals surface area contributed by atoms with Crippen molar-refractivity contribution < 1.29 is 14.3 Å². The van der Waals surface area contributed by atoms with E-state index in [-0.39, 0.29) is 12.5 Å². The molecule has 1 rings (SSSR count). The average molecular weight is 207 g/mol. The monoisotopic (exact) mass is 207 g/mol. The van der Waals surface area contributed by atoms with Crippen molar-refractivity contribution in [1.29, 1.82) is 0 Å². The summed E-state index contributed by atoms with van der Waals surface area (Å²) in [6, 6.07) is 6.22. The Morgan fingerprint density at radius 3 is 2.40 bits per heavy atom. The lowest BCUT2D eigenvalue weighted by Gasteiger charge is -2.04. The quantitative estimate of drug-likeness (QED) is 0.708. The van der Waals surface area contributed by atoms with Crippen molar-refractivity contribution in [3.05, 3.63) is 36.9 Å². The Morgan fingerprint density at radius 2 is 1.93 bits per heavy atom. The number of nitrogens with one attached hydrogen (secondary N) is 1. The van der Waals surface area contributed by atoms with E-state index in [1.165, 1.54) is 12.1 Å². The zero-order chi connectivity index (χ0) is 11.3. The number of carbonyl (C=O) groups excluding carboxylic acids is 2. The number of hydrogen-bond donors (Lipinski definition) is 2. The van der Waals surface area contributed by atoms with Crippen LogP contribution in [0.1, 0.15) is 10.4 Å². The number of nitrogens with two attached hydrogens (primary N) is 1. The lowest BCUT2D eigenvalue weighted by Crippen LogP contribution is -2.21. The van der Waals surface area contributed by atoms with Crippen molar-refractivity contribution in [3.8, 4) is 0 Å². The first-order valence-corrected chi connectivity index (χ1v) is 4.23. The minimum absolute atomic E-state index is 0.0807. The van der Waals surface area contributed by atoms with Gasteiger partial charge in [-0.3, -0.25) is 4.79 Å². The third-order valence-electron chi connectivity index (χ3n) is 1.72. The summed E-state index contributed by atoms with van der Waals surface area (Å²) in [5.41, 5.74) is 6.07. The maximum atomic E-state index is 11.0. The SMILES string of the molecule is [CH2]OC(=O)c1ccc(NC(=O)CN)cc1. The maximum Gasteiger partial charge on any atom is 0.338 e. The molecule has 1 aromatic carbocycles. The molecule has 79 valence electrons. The van der Waals surface area contributed by atoms with E-state index >= 15 is 0 Å². The highest BCUT2D eigenvalue weighted by Crippen LogP contribution is 2.10. The molecule has 5 nitrogen and oxygen atoms in total. The van der Waals surface area contributed by atoms with Crippen molar-refractivity contribution in [2.75, 3.05) is 11.9 Å². The predicted molar refractivity (Wildman–Crippen MR) is 54.9 cm³/mol. The van der Waals surface area contributed by atoms with Gasteiger partial charge in [-0.2, -0.15) is 0 Å². The van der Waals surface area contributed by atoms with Crippen LogP contribution in [-0.4, -0.2) is 18.4 Å². The van der Waals surface area contributed by atoms with Crippen LogP contribution < -0.4 is 11.1 Å². The average Bonchev–Trinajstić information content (AvgIpc) is 2.29. The predicted octanol–water partition coefficient (Wildman–Crippen LogP) is 0.532. The van der Waals surface area contributed by atoms with E-state index in [9.17, 15) is 9.59 Å². The van der Waals surface area contributed by atoms with Crippen LogP contribution in [0.4, 0.5) is 5.69 Å². The Balaban J connectivity index is 2.72. The Kier molecular flexibility index (Phi) is 3.82. The van der Waals surface area contributed by atoms with Crippen LogP contribution in [0.5, 0.6) is 0 Å². The molecule has 0 spiro atoms. The van der Waals surface area contributed by atoms with E-state index in [1.54, 1.807) is 12.1 Å². The van der Waals surface area contributed by atoms with Gasteiger partial charge in [0, 0.05) is 5.69 Å². The first-order valence-electron chi connectivity index (χ1n) is 4.23. The van der Waals surface area contributed by atoms with Gasteiger partial charge in [0.15, 0.2) is 0 Å². The van der Waals surface area contributed by atoms with Crippen molar-refractivity contribution in [3.63, 3.8) is 0 Å². The van der Waals surface area contributed by atoms with Gasteiger partial charge in [0.25, 0.3) is 0 Å². The highest BCUT2D eigenvalue weighted by Gasteiger charge is 2.05. The van der Waals surface area contributed by atoms with Gasteiger partial charge in [-0.05, 0) is 24.3 Å². The highest BCUT2D eigenvalue weighted by atomic mass is 16.5. The van der Waals surface area contributed by atoms with Crippen LogP contribution in [0, 0.1) is 7.11 Å². The van der Waals surface area contributed by atoms with Crippen molar-refractivity contribution in [2.45, 2.75) is 0 Å². The molecule has 0 saturated heterocycles. The molecule has 1 radical (unpaired) electrons. The molecule has 0 aromatic heterocycles. The summed E-state index contributed by atoms with van der Waals surface area (Å²) in [6.07, 6.45) is 0. The number of esters is 1. The summed E-state index contributed by atoms with van der Waals surface area (Å²) in [6.45, 7) is -0.0807. The molecule has 1 amide bonds. The third kappa shape index (κ3) is 3.07. The van der Waals surface area contributed by atoms with Crippen LogP contribution in [-0.2, 0) is 9.53 Å². The molecule has 0 aliphatic rings. The molecule has 5 heteroatoms. The summed E-state index contributed by atoms with van der Waals surface area (Å²) >= 11 is 0. The second-order valence-electron chi connectivity index (χ2n) is 2.76. The minimum atomic E-state index is -0.522. The van der Waals surface area contributed by atoms with E-state index < -0.39 is 5.97 Å². The number of benzene rings is 1. The molecular weight excluding hydrogens is 196 g/mol. The van der Waals surface area contributed by atoms with Crippen LogP contribution in [0.2, 0.25) is 0 Å². The van der Waals surface area contributed by atoms with E-state index in [2.05, 4.69) is 17.2 Å². The van der Waals surface area contributed by atoms with Crippen LogP contribution >= 0.6 is 0 Å². The molecule has 15 heavy (non-hydrogen) atoms. The van der Waals surface area contributed by atoms with E-state index in [0.29, 0.717) is 11.3 Å². The number of rotatable bonds is 3. The Morgan fingerprint density at radius 1 is 1.33 bits per heavy atom. The second kappa shape index (κ2) is 5.11. The van der Waals surface area contributed by atoms with Gasteiger partial charge in [-0.15, -0.1) is 0 Å². The Labute approximate surface area is 87.2 Å². The molecule has 0 aliphatic carbocycles. The number of carbonyl (C=O) groups is 2. The second-order valence-corrected chi connectivity index (χ2v) is 2.76. The van der Waals surface area contributed by atoms with Gasteiger partial charge >= 0.3 is 5.97 Å². The van der Waals surface area contributed by atoms with Gasteiger partial charge in [-0.1, -0.05) is 0 Å². The first kappa shape index (κ1) is 11.2. The lowest BCUT2D eigenvalue weighted by molar-refractivity contribution is -0.114. The summed E-state index contributed by atoms with van der Waals surface area (Å²) in [5, 5.41) is 2.54. The van der Waals surface area contributed by atoms with Crippen LogP contribution in [0.15, 0.2) is 24.3 Å². The smallest absolute Gasteiger partial charge is 0.338 e. The zero-order valence-corrected chi connectivity index (χ0v) is 8.03. The minimum Gasteiger partial charge on any atom is -0.458 e. The van der Waals surface area contributed by atoms with Gasteiger partial charge in [-0.25, -0.2) is 4.79 Å². The summed E-state index contributed by atoms with van der Waals surface area (Å²) in [5.74, 6) is -0.811. The molecular formula is C10H11N2O3. The summed E-state index contributed by atoms with van der Waals surface area (Å²) < 4.78 is 4.28. The fraction of sp³-hybridized carbons (Fsp3) is 0.100. The van der Waals surface area contributed by atoms with Gasteiger partial charge in [0.1, 0.15) is 7.11 Å². The van der Waals surface area contributed by atoms with Crippen molar-refractivity contribution in [2.24, 2.45) is 5.73 Å². The fourth-order valence-corrected chi connectivity index (χ4v) is 0.985. The largest absolute Gasteiger partial charge is 0.458 e. The topological polar surface area (TPSA) is 81.4 Å². The van der Waals surface area contributed by atoms with Gasteiger partial charge < -0.3 is 15.8 Å². The molecule has 0 heterocycles. The summed E-state index contributed by atoms with van der Waals surface area (Å²) in [4.78, 5) is 21.9. The molecule has 0 unspecified atom stereocenters. The molecule has 1 aromatic rings. The Bertz CT molecular complexity index is 359. The Hall–Kier alpha value is -1.88. The summed E-state index contributed by atoms with van der Waals surface area (Å²) in [7, 11) is 3.01. The standard InChI is InChI=1S/C10H11N2O3/c1-15-10(14)7-2-4-8(5-3-7)12-9(13)6-11/h2-5H,1,6,11H2,(H,12,13). The third-order valence-corrected chi connectivity index (χ3v) is 1.72. The number of hydrogen-bond acceptors (Lipinski definition) is 4.